The predicted molar refractivity (Wildman–Crippen MR) is 112 cm³/mol. The van der Waals surface area contributed by atoms with E-state index in [0.29, 0.717) is 47.3 Å². The summed E-state index contributed by atoms with van der Waals surface area (Å²) in [5.41, 5.74) is 1.07. The number of piperidine rings is 1. The van der Waals surface area contributed by atoms with Crippen molar-refractivity contribution >= 4 is 30.4 Å². The van der Waals surface area contributed by atoms with Gasteiger partial charge in [0.2, 0.25) is 0 Å². The third-order valence-corrected chi connectivity index (χ3v) is 5.34. The second kappa shape index (κ2) is 9.60. The normalized spacial score (nSPS) is 14.3. The first-order valence-corrected chi connectivity index (χ1v) is 10.0. The molecule has 0 atom stereocenters. The molecule has 1 aliphatic rings. The number of hydrogen-bond acceptors (Lipinski definition) is 5. The van der Waals surface area contributed by atoms with Gasteiger partial charge in [0.05, 0.1) is 5.56 Å². The van der Waals surface area contributed by atoms with Gasteiger partial charge in [-0.2, -0.15) is 0 Å². The first-order chi connectivity index (χ1) is 13.9. The Morgan fingerprint density at radius 1 is 1.10 bits per heavy atom. The number of nitrogens with zero attached hydrogens (tertiary/aromatic N) is 1. The van der Waals surface area contributed by atoms with Gasteiger partial charge in [-0.25, -0.2) is 0 Å². The molecule has 3 rings (SSSR count). The second-order valence-electron chi connectivity index (χ2n) is 7.08. The van der Waals surface area contributed by atoms with Crippen LogP contribution in [-0.4, -0.2) is 42.3 Å². The molecule has 0 unspecified atom stereocenters. The molecular formula is C22H24N2O4S. The van der Waals surface area contributed by atoms with Crippen LogP contribution in [0, 0.1) is 5.92 Å². The average Bonchev–Trinajstić information content (AvgIpc) is 2.72. The number of esters is 1. The van der Waals surface area contributed by atoms with Gasteiger partial charge in [-0.15, -0.1) is 12.6 Å². The molecule has 2 aromatic rings. The van der Waals surface area contributed by atoms with Crippen molar-refractivity contribution in [3.63, 3.8) is 0 Å². The first-order valence-electron chi connectivity index (χ1n) is 9.58. The van der Waals surface area contributed by atoms with E-state index in [1.807, 2.05) is 23.1 Å². The number of carbonyl (C=O) groups is 3. The molecule has 0 aliphatic carbocycles. The minimum atomic E-state index is -0.426. The highest BCUT2D eigenvalue weighted by molar-refractivity contribution is 7.80. The van der Waals surface area contributed by atoms with Crippen LogP contribution in [0.1, 0.15) is 40.5 Å². The van der Waals surface area contributed by atoms with E-state index in [-0.39, 0.29) is 11.8 Å². The van der Waals surface area contributed by atoms with E-state index in [2.05, 4.69) is 17.9 Å². The quantitative estimate of drug-likeness (QED) is 0.449. The number of likely N-dealkylation sites (tertiary alicyclic amines) is 1. The summed E-state index contributed by atoms with van der Waals surface area (Å²) >= 11 is 4.37. The van der Waals surface area contributed by atoms with Crippen molar-refractivity contribution in [2.45, 2.75) is 24.7 Å². The fourth-order valence-electron chi connectivity index (χ4n) is 3.37. The lowest BCUT2D eigenvalue weighted by Gasteiger charge is -2.32. The molecule has 0 radical (unpaired) electrons. The van der Waals surface area contributed by atoms with Crippen molar-refractivity contribution in [3.05, 3.63) is 59.7 Å². The van der Waals surface area contributed by atoms with Crippen LogP contribution in [0.2, 0.25) is 0 Å². The molecule has 0 spiro atoms. The van der Waals surface area contributed by atoms with E-state index >= 15 is 0 Å². The lowest BCUT2D eigenvalue weighted by molar-refractivity contribution is -0.131. The van der Waals surface area contributed by atoms with Crippen LogP contribution in [-0.2, 0) is 4.79 Å². The fraction of sp³-hybridized carbons (Fsp3) is 0.318. The summed E-state index contributed by atoms with van der Waals surface area (Å²) in [6.07, 6.45) is 1.66. The van der Waals surface area contributed by atoms with Crippen molar-refractivity contribution < 1.29 is 19.1 Å². The summed E-state index contributed by atoms with van der Waals surface area (Å²) in [7, 11) is 0. The highest BCUT2D eigenvalue weighted by Crippen LogP contribution is 2.21. The van der Waals surface area contributed by atoms with Crippen LogP contribution < -0.4 is 10.1 Å². The lowest BCUT2D eigenvalue weighted by atomic mass is 9.96. The van der Waals surface area contributed by atoms with Gasteiger partial charge in [-0.05, 0) is 49.1 Å². The SMILES string of the molecule is CC(=O)Oc1cccc(C(=O)NCC2CCN(C(=O)c3ccccc3S)CC2)c1. The zero-order valence-electron chi connectivity index (χ0n) is 16.3. The van der Waals surface area contributed by atoms with Crippen LogP contribution in [0.4, 0.5) is 0 Å². The van der Waals surface area contributed by atoms with Crippen molar-refractivity contribution in [2.24, 2.45) is 5.92 Å². The highest BCUT2D eigenvalue weighted by atomic mass is 32.1. The summed E-state index contributed by atoms with van der Waals surface area (Å²) in [6, 6.07) is 13.8. The van der Waals surface area contributed by atoms with E-state index < -0.39 is 5.97 Å². The molecule has 1 N–H and O–H groups in total. The van der Waals surface area contributed by atoms with Crippen molar-refractivity contribution in [3.8, 4) is 5.75 Å². The number of thiol groups is 1. The Hall–Kier alpha value is -2.80. The lowest BCUT2D eigenvalue weighted by Crippen LogP contribution is -2.41. The Labute approximate surface area is 175 Å². The summed E-state index contributed by atoms with van der Waals surface area (Å²) in [5, 5.41) is 2.94. The molecule has 6 nitrogen and oxygen atoms in total. The maximum atomic E-state index is 12.7. The van der Waals surface area contributed by atoms with Crippen LogP contribution >= 0.6 is 12.6 Å². The second-order valence-corrected chi connectivity index (χ2v) is 7.57. The van der Waals surface area contributed by atoms with Crippen molar-refractivity contribution in [2.75, 3.05) is 19.6 Å². The van der Waals surface area contributed by atoms with E-state index in [1.54, 1.807) is 30.3 Å². The highest BCUT2D eigenvalue weighted by Gasteiger charge is 2.25. The molecule has 1 fully saturated rings. The number of ether oxygens (including phenoxy) is 1. The van der Waals surface area contributed by atoms with Crippen LogP contribution in [0.15, 0.2) is 53.4 Å². The number of nitrogens with one attached hydrogen (secondary N) is 1. The van der Waals surface area contributed by atoms with Crippen LogP contribution in [0.3, 0.4) is 0 Å². The zero-order chi connectivity index (χ0) is 20.8. The first kappa shape index (κ1) is 20.9. The van der Waals surface area contributed by atoms with Gasteiger partial charge in [-0.1, -0.05) is 18.2 Å². The molecule has 1 aliphatic heterocycles. The largest absolute Gasteiger partial charge is 0.427 e. The van der Waals surface area contributed by atoms with Crippen molar-refractivity contribution in [1.82, 2.24) is 10.2 Å². The maximum Gasteiger partial charge on any atom is 0.308 e. The van der Waals surface area contributed by atoms with Gasteiger partial charge in [-0.3, -0.25) is 14.4 Å². The summed E-state index contributed by atoms with van der Waals surface area (Å²) < 4.78 is 5.02. The minimum absolute atomic E-state index is 0.000344. The number of hydrogen-bond donors (Lipinski definition) is 2. The number of carbonyl (C=O) groups excluding carboxylic acids is 3. The topological polar surface area (TPSA) is 75.7 Å². The number of benzene rings is 2. The Bertz CT molecular complexity index is 907. The molecule has 1 saturated heterocycles. The van der Waals surface area contributed by atoms with Gasteiger partial charge in [0.15, 0.2) is 0 Å². The molecule has 1 heterocycles. The summed E-state index contributed by atoms with van der Waals surface area (Å²) in [5.74, 6) is 0.0265. The molecule has 7 heteroatoms. The fourth-order valence-corrected chi connectivity index (χ4v) is 3.63. The van der Waals surface area contributed by atoms with Gasteiger partial charge in [0, 0.05) is 37.0 Å². The van der Waals surface area contributed by atoms with Gasteiger partial charge in [0.1, 0.15) is 5.75 Å². The molecule has 2 amide bonds. The zero-order valence-corrected chi connectivity index (χ0v) is 17.2. The molecule has 0 bridgehead atoms. The number of amides is 2. The predicted octanol–water partition coefficient (Wildman–Crippen LogP) is 3.18. The average molecular weight is 413 g/mol. The third kappa shape index (κ3) is 5.60. The Balaban J connectivity index is 1.49. The van der Waals surface area contributed by atoms with Crippen molar-refractivity contribution in [1.29, 1.82) is 0 Å². The van der Waals surface area contributed by atoms with Crippen LogP contribution in [0.5, 0.6) is 5.75 Å². The molecule has 152 valence electrons. The molecular weight excluding hydrogens is 388 g/mol. The summed E-state index contributed by atoms with van der Waals surface area (Å²) in [6.45, 7) is 3.17. The molecule has 0 aromatic heterocycles. The Kier molecular flexibility index (Phi) is 6.93. The molecule has 29 heavy (non-hydrogen) atoms. The molecule has 2 aromatic carbocycles. The maximum absolute atomic E-state index is 12.7. The monoisotopic (exact) mass is 412 g/mol. The van der Waals surface area contributed by atoms with Gasteiger partial charge < -0.3 is 15.0 Å². The third-order valence-electron chi connectivity index (χ3n) is 4.95. The van der Waals surface area contributed by atoms with E-state index in [4.69, 9.17) is 4.74 Å². The number of rotatable bonds is 5. The molecule has 0 saturated carbocycles. The minimum Gasteiger partial charge on any atom is -0.427 e. The Morgan fingerprint density at radius 2 is 1.83 bits per heavy atom. The summed E-state index contributed by atoms with van der Waals surface area (Å²) in [4.78, 5) is 38.6. The van der Waals surface area contributed by atoms with E-state index in [9.17, 15) is 14.4 Å². The van der Waals surface area contributed by atoms with Crippen LogP contribution in [0.25, 0.3) is 0 Å². The van der Waals surface area contributed by atoms with Gasteiger partial charge in [0.25, 0.3) is 11.8 Å². The smallest absolute Gasteiger partial charge is 0.308 e. The van der Waals surface area contributed by atoms with Gasteiger partial charge >= 0.3 is 5.97 Å². The standard InChI is InChI=1S/C22H24N2O4S/c1-15(25)28-18-6-4-5-17(13-18)21(26)23-14-16-9-11-24(12-10-16)22(27)19-7-2-3-8-20(19)29/h2-8,13,16,29H,9-12,14H2,1H3,(H,23,26). The van der Waals surface area contributed by atoms with E-state index in [1.165, 1.54) is 6.92 Å². The van der Waals surface area contributed by atoms with E-state index in [0.717, 1.165) is 12.8 Å². The Morgan fingerprint density at radius 3 is 2.52 bits per heavy atom.